The Morgan fingerprint density at radius 1 is 1.32 bits per heavy atom. The zero-order valence-corrected chi connectivity index (χ0v) is 12.7. The van der Waals surface area contributed by atoms with Gasteiger partial charge in [0.15, 0.2) is 0 Å². The molecule has 1 aromatic carbocycles. The Morgan fingerprint density at radius 3 is 2.95 bits per heavy atom. The summed E-state index contributed by atoms with van der Waals surface area (Å²) >= 11 is 0. The van der Waals surface area contributed by atoms with Crippen LogP contribution in [0.1, 0.15) is 24.5 Å². The lowest BCUT2D eigenvalue weighted by atomic mass is 9.73. The molecule has 3 aliphatic rings. The maximum Gasteiger partial charge on any atom is 0.0952 e. The lowest BCUT2D eigenvalue weighted by Gasteiger charge is -2.50. The van der Waals surface area contributed by atoms with Crippen molar-refractivity contribution in [1.82, 2.24) is 9.88 Å². The van der Waals surface area contributed by atoms with E-state index in [0.29, 0.717) is 11.8 Å². The van der Waals surface area contributed by atoms with E-state index in [2.05, 4.69) is 28.6 Å². The van der Waals surface area contributed by atoms with Gasteiger partial charge >= 0.3 is 0 Å². The molecule has 4 heterocycles. The highest BCUT2D eigenvalue weighted by Gasteiger charge is 2.42. The molecule has 0 radical (unpaired) electrons. The molecule has 0 amide bonds. The molecule has 1 N–H and O–H groups in total. The molecule has 3 nitrogen and oxygen atoms in total. The van der Waals surface area contributed by atoms with E-state index >= 15 is 0 Å². The first-order chi connectivity index (χ1) is 10.8. The topological polar surface area (TPSA) is 36.4 Å². The Hall–Kier alpha value is -1.71. The molecule has 3 fully saturated rings. The Kier molecular flexibility index (Phi) is 3.47. The summed E-state index contributed by atoms with van der Waals surface area (Å²) in [6.07, 6.45) is 5.76. The third kappa shape index (κ3) is 2.16. The van der Waals surface area contributed by atoms with Crippen LogP contribution >= 0.6 is 0 Å². The lowest BCUT2D eigenvalue weighted by molar-refractivity contribution is -0.0444. The quantitative estimate of drug-likeness (QED) is 0.883. The predicted octanol–water partition coefficient (Wildman–Crippen LogP) is 3.16. The van der Waals surface area contributed by atoms with E-state index < -0.39 is 6.10 Å². The molecule has 1 unspecified atom stereocenters. The molecule has 22 heavy (non-hydrogen) atoms. The number of hydrogen-bond donors (Lipinski definition) is 1. The Morgan fingerprint density at radius 2 is 2.18 bits per heavy atom. The van der Waals surface area contributed by atoms with Crippen molar-refractivity contribution in [3.8, 4) is 0 Å². The molecule has 1 aromatic heterocycles. The van der Waals surface area contributed by atoms with Gasteiger partial charge in [-0.15, -0.1) is 6.58 Å². The molecule has 5 rings (SSSR count). The van der Waals surface area contributed by atoms with Crippen molar-refractivity contribution in [2.45, 2.75) is 25.0 Å². The molecular formula is C19H22N2O. The Bertz CT molecular complexity index is 693. The summed E-state index contributed by atoms with van der Waals surface area (Å²) in [5.74, 6) is 1.27. The number of hydrogen-bond acceptors (Lipinski definition) is 3. The van der Waals surface area contributed by atoms with Gasteiger partial charge in [-0.05, 0) is 48.9 Å². The first kappa shape index (κ1) is 13.9. The number of rotatable bonds is 3. The monoisotopic (exact) mass is 294 g/mol. The van der Waals surface area contributed by atoms with Crippen molar-refractivity contribution in [1.29, 1.82) is 0 Å². The van der Waals surface area contributed by atoms with Crippen molar-refractivity contribution < 1.29 is 5.11 Å². The number of pyridine rings is 1. The first-order valence-corrected chi connectivity index (χ1v) is 8.16. The van der Waals surface area contributed by atoms with E-state index in [9.17, 15) is 5.11 Å². The molecule has 0 saturated carbocycles. The van der Waals surface area contributed by atoms with Gasteiger partial charge in [-0.3, -0.25) is 9.88 Å². The van der Waals surface area contributed by atoms with Crippen molar-refractivity contribution in [3.63, 3.8) is 0 Å². The molecule has 3 heteroatoms. The van der Waals surface area contributed by atoms with Crippen LogP contribution in [0.2, 0.25) is 0 Å². The second-order valence-corrected chi connectivity index (χ2v) is 6.61. The van der Waals surface area contributed by atoms with Crippen LogP contribution in [0.4, 0.5) is 0 Å². The smallest absolute Gasteiger partial charge is 0.0952 e. The largest absolute Gasteiger partial charge is 0.387 e. The number of aliphatic hydroxyl groups is 1. The van der Waals surface area contributed by atoms with Gasteiger partial charge in [0.25, 0.3) is 0 Å². The fourth-order valence-electron chi connectivity index (χ4n) is 4.29. The molecule has 3 aliphatic heterocycles. The molecule has 2 bridgehead atoms. The number of benzene rings is 1. The van der Waals surface area contributed by atoms with E-state index in [0.717, 1.165) is 36.0 Å². The highest BCUT2D eigenvalue weighted by atomic mass is 16.3. The summed E-state index contributed by atoms with van der Waals surface area (Å²) in [5.41, 5.74) is 1.97. The number of aliphatic hydroxyl groups excluding tert-OH is 1. The van der Waals surface area contributed by atoms with Gasteiger partial charge in [-0.2, -0.15) is 0 Å². The van der Waals surface area contributed by atoms with Gasteiger partial charge in [0.1, 0.15) is 0 Å². The molecule has 5 atom stereocenters. The second kappa shape index (κ2) is 5.49. The molecule has 2 aromatic rings. The Labute approximate surface area is 131 Å². The zero-order chi connectivity index (χ0) is 15.1. The summed E-state index contributed by atoms with van der Waals surface area (Å²) in [7, 11) is 0. The maximum absolute atomic E-state index is 11.0. The van der Waals surface area contributed by atoms with Gasteiger partial charge < -0.3 is 5.11 Å². The summed E-state index contributed by atoms with van der Waals surface area (Å²) in [6.45, 7) is 6.11. The number of fused-ring (bicyclic) bond motifs is 4. The van der Waals surface area contributed by atoms with Crippen LogP contribution < -0.4 is 0 Å². The predicted molar refractivity (Wildman–Crippen MR) is 88.5 cm³/mol. The van der Waals surface area contributed by atoms with Crippen LogP contribution in [-0.2, 0) is 0 Å². The highest BCUT2D eigenvalue weighted by molar-refractivity contribution is 5.82. The zero-order valence-electron chi connectivity index (χ0n) is 12.7. The third-order valence-electron chi connectivity index (χ3n) is 5.52. The van der Waals surface area contributed by atoms with E-state index in [1.54, 1.807) is 0 Å². The SMILES string of the molecule is C=C[C@H]1CN2CC[C@@H]1C[C@@H]2[C@@H](O)c1ccnc2ccccc12. The van der Waals surface area contributed by atoms with Gasteiger partial charge in [-0.1, -0.05) is 24.3 Å². The molecule has 0 aliphatic carbocycles. The average molecular weight is 294 g/mol. The summed E-state index contributed by atoms with van der Waals surface area (Å²) in [4.78, 5) is 6.86. The normalized spacial score (nSPS) is 32.0. The minimum atomic E-state index is -0.443. The fraction of sp³-hybridized carbons (Fsp3) is 0.421. The molecule has 3 saturated heterocycles. The fourth-order valence-corrected chi connectivity index (χ4v) is 4.29. The number of aromatic nitrogens is 1. The van der Waals surface area contributed by atoms with Crippen molar-refractivity contribution in [2.75, 3.05) is 13.1 Å². The van der Waals surface area contributed by atoms with Crippen LogP contribution in [0.5, 0.6) is 0 Å². The summed E-state index contributed by atoms with van der Waals surface area (Å²) in [5, 5.41) is 12.1. The molecule has 114 valence electrons. The van der Waals surface area contributed by atoms with E-state index in [1.165, 1.54) is 6.42 Å². The van der Waals surface area contributed by atoms with Crippen LogP contribution in [-0.4, -0.2) is 34.1 Å². The van der Waals surface area contributed by atoms with E-state index in [4.69, 9.17) is 0 Å². The minimum Gasteiger partial charge on any atom is -0.387 e. The molecular weight excluding hydrogens is 272 g/mol. The van der Waals surface area contributed by atoms with Gasteiger partial charge in [0.2, 0.25) is 0 Å². The van der Waals surface area contributed by atoms with Gasteiger partial charge in [0.05, 0.1) is 11.6 Å². The first-order valence-electron chi connectivity index (χ1n) is 8.16. The van der Waals surface area contributed by atoms with Crippen LogP contribution in [0.15, 0.2) is 49.2 Å². The number of nitrogens with zero attached hydrogens (tertiary/aromatic N) is 2. The lowest BCUT2D eigenvalue weighted by Crippen LogP contribution is -2.54. The van der Waals surface area contributed by atoms with Crippen LogP contribution in [0, 0.1) is 11.8 Å². The standard InChI is InChI=1S/C19H22N2O/c1-2-13-12-21-10-8-14(13)11-18(21)19(22)16-7-9-20-17-6-4-3-5-15(16)17/h2-7,9,13-14,18-19,22H,1,8,10-12H2/t13-,14+,18+,19-/m0/s1. The second-order valence-electron chi connectivity index (χ2n) is 6.61. The van der Waals surface area contributed by atoms with Crippen molar-refractivity contribution in [3.05, 3.63) is 54.7 Å². The van der Waals surface area contributed by atoms with E-state index in [-0.39, 0.29) is 6.04 Å². The maximum atomic E-state index is 11.0. The summed E-state index contributed by atoms with van der Waals surface area (Å²) in [6, 6.07) is 10.3. The number of piperidine rings is 3. The minimum absolute atomic E-state index is 0.223. The average Bonchev–Trinajstić information content (AvgIpc) is 2.60. The van der Waals surface area contributed by atoms with Crippen LogP contribution in [0.25, 0.3) is 10.9 Å². The van der Waals surface area contributed by atoms with E-state index in [1.807, 2.05) is 30.5 Å². The number of para-hydroxylation sites is 1. The highest BCUT2D eigenvalue weighted by Crippen LogP contribution is 2.41. The van der Waals surface area contributed by atoms with Gasteiger partial charge in [-0.25, -0.2) is 0 Å². The Balaban J connectivity index is 1.67. The van der Waals surface area contributed by atoms with Crippen LogP contribution in [0.3, 0.4) is 0 Å². The summed E-state index contributed by atoms with van der Waals surface area (Å²) < 4.78 is 0. The van der Waals surface area contributed by atoms with Crippen molar-refractivity contribution >= 4 is 10.9 Å². The van der Waals surface area contributed by atoms with Crippen molar-refractivity contribution in [2.24, 2.45) is 11.8 Å². The van der Waals surface area contributed by atoms with Gasteiger partial charge in [0, 0.05) is 24.2 Å². The third-order valence-corrected chi connectivity index (χ3v) is 5.52. The molecule has 0 spiro atoms.